The molecule has 0 spiro atoms. The molecule has 0 unspecified atom stereocenters. The molecule has 0 N–H and O–H groups in total. The summed E-state index contributed by atoms with van der Waals surface area (Å²) in [6.07, 6.45) is -0.428. The van der Waals surface area contributed by atoms with Crippen molar-refractivity contribution in [1.29, 1.82) is 0 Å². The average Bonchev–Trinajstić information content (AvgIpc) is 2.87. The quantitative estimate of drug-likeness (QED) is 0.772. The van der Waals surface area contributed by atoms with Crippen molar-refractivity contribution < 1.29 is 18.8 Å². The predicted octanol–water partition coefficient (Wildman–Crippen LogP) is 3.76. The van der Waals surface area contributed by atoms with Gasteiger partial charge in [-0.2, -0.15) is 0 Å². The molecule has 0 atom stereocenters. The first-order valence-corrected chi connectivity index (χ1v) is 9.10. The summed E-state index contributed by atoms with van der Waals surface area (Å²) in [6, 6.07) is 17.2. The third kappa shape index (κ3) is 4.02. The van der Waals surface area contributed by atoms with E-state index in [0.717, 1.165) is 11.0 Å². The van der Waals surface area contributed by atoms with Crippen LogP contribution < -0.4 is 10.4 Å². The van der Waals surface area contributed by atoms with E-state index in [0.29, 0.717) is 5.69 Å². The molecule has 3 rings (SSSR count). The van der Waals surface area contributed by atoms with Gasteiger partial charge in [0, 0.05) is 18.2 Å². The number of rotatable bonds is 4. The highest BCUT2D eigenvalue weighted by Crippen LogP contribution is 2.37. The fourth-order valence-electron chi connectivity index (χ4n) is 2.88. The van der Waals surface area contributed by atoms with E-state index in [9.17, 15) is 4.79 Å². The zero-order valence-electron chi connectivity index (χ0n) is 16.6. The minimum absolute atomic E-state index is 0.225. The van der Waals surface area contributed by atoms with E-state index in [1.807, 2.05) is 82.3 Å². The third-order valence-corrected chi connectivity index (χ3v) is 5.28. The van der Waals surface area contributed by atoms with Gasteiger partial charge in [0.25, 0.3) is 0 Å². The summed E-state index contributed by atoms with van der Waals surface area (Å²) in [5, 5.41) is 0. The van der Waals surface area contributed by atoms with Crippen molar-refractivity contribution in [3.63, 3.8) is 0 Å². The van der Waals surface area contributed by atoms with Crippen LogP contribution in [-0.2, 0) is 20.7 Å². The molecule has 2 aromatic rings. The molecule has 5 nitrogen and oxygen atoms in total. The highest BCUT2D eigenvalue weighted by molar-refractivity contribution is 6.64. The Balaban J connectivity index is 1.76. The molecule has 0 bridgehead atoms. The van der Waals surface area contributed by atoms with E-state index in [4.69, 9.17) is 14.0 Å². The predicted molar refractivity (Wildman–Crippen MR) is 107 cm³/mol. The lowest BCUT2D eigenvalue weighted by atomic mass is 9.77. The minimum atomic E-state index is -0.546. The molecule has 1 saturated heterocycles. The Bertz CT molecular complexity index is 791. The Labute approximate surface area is 161 Å². The fourth-order valence-corrected chi connectivity index (χ4v) is 2.88. The maximum absolute atomic E-state index is 12.6. The summed E-state index contributed by atoms with van der Waals surface area (Å²) >= 11 is 0. The van der Waals surface area contributed by atoms with E-state index in [1.54, 1.807) is 7.05 Å². The highest BCUT2D eigenvalue weighted by Gasteiger charge is 2.52. The summed E-state index contributed by atoms with van der Waals surface area (Å²) in [5.41, 5.74) is 1.55. The number of nitrogens with zero attached hydrogens (tertiary/aromatic N) is 1. The third-order valence-electron chi connectivity index (χ3n) is 5.28. The number of carbonyl (C=O) groups is 1. The molecule has 2 aromatic carbocycles. The van der Waals surface area contributed by atoms with Gasteiger partial charge in [0.05, 0.1) is 11.2 Å². The van der Waals surface area contributed by atoms with Gasteiger partial charge >= 0.3 is 13.2 Å². The SMILES string of the molecule is CN(C(=O)OCc1ccccc1)c1ccccc1B1OC(C)(C)C(C)(C)O1. The highest BCUT2D eigenvalue weighted by atomic mass is 16.7. The number of ether oxygens (including phenoxy) is 1. The van der Waals surface area contributed by atoms with Gasteiger partial charge in [-0.05, 0) is 39.3 Å². The van der Waals surface area contributed by atoms with Gasteiger partial charge in [-0.1, -0.05) is 48.5 Å². The lowest BCUT2D eigenvalue weighted by molar-refractivity contribution is 0.00578. The fraction of sp³-hybridized carbons (Fsp3) is 0.381. The average molecular weight is 367 g/mol. The number of hydrogen-bond acceptors (Lipinski definition) is 4. The maximum Gasteiger partial charge on any atom is 0.496 e. The number of carbonyl (C=O) groups excluding carboxylic acids is 1. The molecule has 1 amide bonds. The van der Waals surface area contributed by atoms with Crippen LogP contribution in [0.1, 0.15) is 33.3 Å². The first kappa shape index (κ1) is 19.5. The Morgan fingerprint density at radius 2 is 1.52 bits per heavy atom. The summed E-state index contributed by atoms with van der Waals surface area (Å²) in [5.74, 6) is 0. The molecule has 1 aliphatic heterocycles. The van der Waals surface area contributed by atoms with Crippen molar-refractivity contribution in [2.45, 2.75) is 45.5 Å². The number of hydrogen-bond donors (Lipinski definition) is 0. The molecule has 0 aliphatic carbocycles. The number of benzene rings is 2. The standard InChI is InChI=1S/C21H26BNO4/c1-20(2)21(3,4)27-22(26-20)17-13-9-10-14-18(17)23(5)19(24)25-15-16-11-7-6-8-12-16/h6-14H,15H2,1-5H3. The molecular weight excluding hydrogens is 341 g/mol. The van der Waals surface area contributed by atoms with Gasteiger partial charge < -0.3 is 14.0 Å². The summed E-state index contributed by atoms with van der Waals surface area (Å²) in [4.78, 5) is 14.1. The van der Waals surface area contributed by atoms with Crippen molar-refractivity contribution in [3.05, 3.63) is 60.2 Å². The van der Waals surface area contributed by atoms with Crippen molar-refractivity contribution in [1.82, 2.24) is 0 Å². The largest absolute Gasteiger partial charge is 0.496 e. The van der Waals surface area contributed by atoms with Crippen LogP contribution in [0.3, 0.4) is 0 Å². The minimum Gasteiger partial charge on any atom is -0.444 e. The molecule has 142 valence electrons. The van der Waals surface area contributed by atoms with Crippen molar-refractivity contribution in [2.75, 3.05) is 11.9 Å². The second-order valence-electron chi connectivity index (χ2n) is 7.75. The second-order valence-corrected chi connectivity index (χ2v) is 7.75. The van der Waals surface area contributed by atoms with E-state index < -0.39 is 24.4 Å². The number of anilines is 1. The number of para-hydroxylation sites is 1. The topological polar surface area (TPSA) is 48.0 Å². The maximum atomic E-state index is 12.6. The van der Waals surface area contributed by atoms with E-state index in [-0.39, 0.29) is 6.61 Å². The van der Waals surface area contributed by atoms with Crippen LogP contribution in [-0.4, -0.2) is 31.5 Å². The zero-order valence-corrected chi connectivity index (χ0v) is 16.6. The molecule has 0 radical (unpaired) electrons. The van der Waals surface area contributed by atoms with Gasteiger partial charge in [-0.3, -0.25) is 4.90 Å². The van der Waals surface area contributed by atoms with Crippen LogP contribution >= 0.6 is 0 Å². The van der Waals surface area contributed by atoms with Gasteiger partial charge in [0.1, 0.15) is 6.61 Å². The molecule has 1 aliphatic rings. The Hall–Kier alpha value is -2.31. The second kappa shape index (κ2) is 7.37. The Kier molecular flexibility index (Phi) is 5.31. The van der Waals surface area contributed by atoms with Crippen LogP contribution in [0.5, 0.6) is 0 Å². The van der Waals surface area contributed by atoms with Crippen molar-refractivity contribution in [2.24, 2.45) is 0 Å². The summed E-state index contributed by atoms with van der Waals surface area (Å²) in [7, 11) is 1.15. The monoisotopic (exact) mass is 367 g/mol. The van der Waals surface area contributed by atoms with Gasteiger partial charge in [0.15, 0.2) is 0 Å². The molecule has 1 heterocycles. The van der Waals surface area contributed by atoms with E-state index in [1.165, 1.54) is 4.90 Å². The summed E-state index contributed by atoms with van der Waals surface area (Å²) in [6.45, 7) is 8.25. The smallest absolute Gasteiger partial charge is 0.444 e. The van der Waals surface area contributed by atoms with Crippen LogP contribution in [0, 0.1) is 0 Å². The summed E-state index contributed by atoms with van der Waals surface area (Å²) < 4.78 is 17.7. The van der Waals surface area contributed by atoms with Crippen LogP contribution in [0.25, 0.3) is 0 Å². The zero-order chi connectivity index (χ0) is 19.7. The van der Waals surface area contributed by atoms with Crippen LogP contribution in [0.15, 0.2) is 54.6 Å². The first-order chi connectivity index (χ1) is 12.7. The van der Waals surface area contributed by atoms with E-state index >= 15 is 0 Å². The van der Waals surface area contributed by atoms with E-state index in [2.05, 4.69) is 0 Å². The Morgan fingerprint density at radius 3 is 2.15 bits per heavy atom. The van der Waals surface area contributed by atoms with Gasteiger partial charge in [-0.15, -0.1) is 0 Å². The van der Waals surface area contributed by atoms with Crippen LogP contribution in [0.2, 0.25) is 0 Å². The molecule has 6 heteroatoms. The molecular formula is C21H26BNO4. The van der Waals surface area contributed by atoms with Crippen molar-refractivity contribution in [3.8, 4) is 0 Å². The van der Waals surface area contributed by atoms with Gasteiger partial charge in [0.2, 0.25) is 0 Å². The first-order valence-electron chi connectivity index (χ1n) is 9.10. The molecule has 0 aromatic heterocycles. The number of amides is 1. The molecule has 27 heavy (non-hydrogen) atoms. The molecule has 1 fully saturated rings. The van der Waals surface area contributed by atoms with Gasteiger partial charge in [-0.25, -0.2) is 4.79 Å². The lowest BCUT2D eigenvalue weighted by Crippen LogP contribution is -2.41. The van der Waals surface area contributed by atoms with Crippen LogP contribution in [0.4, 0.5) is 10.5 Å². The lowest BCUT2D eigenvalue weighted by Gasteiger charge is -2.32. The molecule has 0 saturated carbocycles. The normalized spacial score (nSPS) is 17.6. The van der Waals surface area contributed by atoms with Crippen molar-refractivity contribution >= 4 is 24.4 Å². The Morgan fingerprint density at radius 1 is 0.963 bits per heavy atom.